The van der Waals surface area contributed by atoms with Gasteiger partial charge in [-0.3, -0.25) is 0 Å². The molecule has 0 heterocycles. The zero-order chi connectivity index (χ0) is 49.3. The predicted molar refractivity (Wildman–Crippen MR) is 311 cm³/mol. The van der Waals surface area contributed by atoms with E-state index < -0.39 is 5.41 Å². The minimum atomic E-state index is -0.611. The van der Waals surface area contributed by atoms with Gasteiger partial charge in [-0.2, -0.15) is 0 Å². The summed E-state index contributed by atoms with van der Waals surface area (Å²) in [6.45, 7) is 0. The Balaban J connectivity index is 1.03. The second-order valence-corrected chi connectivity index (χ2v) is 20.1. The van der Waals surface area contributed by atoms with E-state index in [1.807, 2.05) is 0 Å². The van der Waals surface area contributed by atoms with E-state index in [0.717, 1.165) is 22.6 Å². The Kier molecular flexibility index (Phi) is 12.0. The van der Waals surface area contributed by atoms with E-state index in [-0.39, 0.29) is 0 Å². The molecule has 0 atom stereocenters. The molecule has 0 unspecified atom stereocenters. The molecule has 1 nitrogen and oxygen atoms in total. The zero-order valence-corrected chi connectivity index (χ0v) is 41.6. The largest absolute Gasteiger partial charge is 0.310 e. The summed E-state index contributed by atoms with van der Waals surface area (Å²) in [7, 11) is 0. The molecule has 11 aromatic carbocycles. The van der Waals surface area contributed by atoms with Gasteiger partial charge in [-0.05, 0) is 138 Å². The van der Waals surface area contributed by atoms with Crippen LogP contribution in [0, 0.1) is 0 Å². The van der Waals surface area contributed by atoms with Gasteiger partial charge in [0.15, 0.2) is 0 Å². The summed E-state index contributed by atoms with van der Waals surface area (Å²) in [6.07, 6.45) is 6.65. The molecule has 354 valence electrons. The lowest BCUT2D eigenvalue weighted by atomic mass is 9.67. The van der Waals surface area contributed by atoms with Crippen LogP contribution in [0.2, 0.25) is 0 Å². The van der Waals surface area contributed by atoms with Crippen LogP contribution < -0.4 is 4.90 Å². The van der Waals surface area contributed by atoms with Crippen LogP contribution in [-0.4, -0.2) is 0 Å². The first-order valence-corrected chi connectivity index (χ1v) is 26.5. The molecule has 1 fully saturated rings. The molecule has 0 bridgehead atoms. The molecule has 0 amide bonds. The van der Waals surface area contributed by atoms with E-state index in [2.05, 4.69) is 284 Å². The molecule has 1 saturated carbocycles. The highest BCUT2D eigenvalue weighted by molar-refractivity contribution is 6.00. The Morgan fingerprint density at radius 3 is 1.36 bits per heavy atom. The van der Waals surface area contributed by atoms with Crippen molar-refractivity contribution in [2.45, 2.75) is 43.4 Å². The molecular weight excluding hydrogens is 891 g/mol. The highest BCUT2D eigenvalue weighted by Gasteiger charge is 2.47. The Labute approximate surface area is 436 Å². The van der Waals surface area contributed by atoms with Crippen molar-refractivity contribution in [1.82, 2.24) is 0 Å². The van der Waals surface area contributed by atoms with Crippen molar-refractivity contribution < 1.29 is 0 Å². The molecule has 0 aliphatic heterocycles. The summed E-state index contributed by atoms with van der Waals surface area (Å²) in [5.74, 6) is 0.679. The molecule has 0 N–H and O–H groups in total. The molecular formula is C73H57N. The summed E-state index contributed by atoms with van der Waals surface area (Å²) < 4.78 is 0. The lowest BCUT2D eigenvalue weighted by molar-refractivity contribution is 0.443. The van der Waals surface area contributed by atoms with Crippen LogP contribution in [0.1, 0.15) is 65.8 Å². The number of hydrogen-bond acceptors (Lipinski definition) is 1. The van der Waals surface area contributed by atoms with Crippen molar-refractivity contribution in [3.05, 3.63) is 307 Å². The summed E-state index contributed by atoms with van der Waals surface area (Å²) in [4.78, 5) is 2.51. The van der Waals surface area contributed by atoms with Gasteiger partial charge in [-0.1, -0.05) is 268 Å². The maximum Gasteiger partial charge on any atom is 0.0714 e. The average Bonchev–Trinajstić information content (AvgIpc) is 3.81. The number of para-hydroxylation sites is 1. The SMILES string of the molecule is c1ccc(-c2ccccc2-c2ccccc2-c2ccccc2N(c2ccc(-c3ccc(C4CCCCC4)cc3)cc2)c2ccc3c(c2)C(c2ccccc2)(c2ccccc2)c2cccc(-c4ccccc4)c2-3)cc1. The first-order valence-electron chi connectivity index (χ1n) is 26.5. The number of nitrogens with zero attached hydrogens (tertiary/aromatic N) is 1. The van der Waals surface area contributed by atoms with Gasteiger partial charge in [0, 0.05) is 16.9 Å². The van der Waals surface area contributed by atoms with Gasteiger partial charge in [0.25, 0.3) is 0 Å². The lowest BCUT2D eigenvalue weighted by Crippen LogP contribution is -2.28. The van der Waals surface area contributed by atoms with E-state index in [4.69, 9.17) is 0 Å². The number of rotatable bonds is 11. The second kappa shape index (κ2) is 19.7. The third kappa shape index (κ3) is 7.97. The highest BCUT2D eigenvalue weighted by atomic mass is 15.1. The van der Waals surface area contributed by atoms with Crippen LogP contribution in [0.25, 0.3) is 66.8 Å². The molecule has 74 heavy (non-hydrogen) atoms. The normalized spacial score (nSPS) is 13.7. The van der Waals surface area contributed by atoms with Crippen molar-refractivity contribution in [3.63, 3.8) is 0 Å². The molecule has 2 aliphatic carbocycles. The van der Waals surface area contributed by atoms with Crippen LogP contribution >= 0.6 is 0 Å². The maximum absolute atomic E-state index is 2.51. The molecule has 2 aliphatic rings. The van der Waals surface area contributed by atoms with Gasteiger partial charge < -0.3 is 4.90 Å². The first-order chi connectivity index (χ1) is 36.7. The Morgan fingerprint density at radius 2 is 0.757 bits per heavy atom. The summed E-state index contributed by atoms with van der Waals surface area (Å²) in [5.41, 5.74) is 23.8. The minimum absolute atomic E-state index is 0.611. The fourth-order valence-electron chi connectivity index (χ4n) is 12.6. The quantitative estimate of drug-likeness (QED) is 0.125. The Morgan fingerprint density at radius 1 is 0.297 bits per heavy atom. The monoisotopic (exact) mass is 947 g/mol. The number of fused-ring (bicyclic) bond motifs is 3. The topological polar surface area (TPSA) is 3.24 Å². The van der Waals surface area contributed by atoms with Gasteiger partial charge >= 0.3 is 0 Å². The Bertz CT molecular complexity index is 3680. The Hall–Kier alpha value is -8.78. The van der Waals surface area contributed by atoms with Crippen LogP contribution in [-0.2, 0) is 5.41 Å². The van der Waals surface area contributed by atoms with Crippen LogP contribution in [0.3, 0.4) is 0 Å². The van der Waals surface area contributed by atoms with Gasteiger partial charge in [0.05, 0.1) is 11.1 Å². The molecule has 13 rings (SSSR count). The van der Waals surface area contributed by atoms with Crippen molar-refractivity contribution in [1.29, 1.82) is 0 Å². The van der Waals surface area contributed by atoms with E-state index in [1.54, 1.807) is 0 Å². The van der Waals surface area contributed by atoms with E-state index in [9.17, 15) is 0 Å². The lowest BCUT2D eigenvalue weighted by Gasteiger charge is -2.35. The standard InChI is InChI=1S/C73H57N/c1-6-23-52(24-7-1)53-41-43-54(44-42-53)55-45-47-60(48-46-55)74(71-40-21-20-37-67(71)66-36-19-18-35-65(66)64-34-17-16-33-62(64)56-25-8-2-9-26-56)61-49-50-68-70(51-61)73(58-29-12-4-13-30-58,59-31-14-5-15-32-59)69-39-22-38-63(72(68)69)57-27-10-3-11-28-57/h2-5,8-22,25-52H,1,6-7,23-24H2. The second-order valence-electron chi connectivity index (χ2n) is 20.1. The summed E-state index contributed by atoms with van der Waals surface area (Å²) in [5, 5.41) is 0. The minimum Gasteiger partial charge on any atom is -0.310 e. The summed E-state index contributed by atoms with van der Waals surface area (Å²) >= 11 is 0. The third-order valence-electron chi connectivity index (χ3n) is 16.0. The highest BCUT2D eigenvalue weighted by Crippen LogP contribution is 2.59. The first kappa shape index (κ1) is 45.1. The van der Waals surface area contributed by atoms with E-state index in [0.29, 0.717) is 5.92 Å². The van der Waals surface area contributed by atoms with Gasteiger partial charge in [-0.25, -0.2) is 0 Å². The van der Waals surface area contributed by atoms with E-state index in [1.165, 1.54) is 121 Å². The van der Waals surface area contributed by atoms with Gasteiger partial charge in [-0.15, -0.1) is 0 Å². The molecule has 0 saturated heterocycles. The predicted octanol–water partition coefficient (Wildman–Crippen LogP) is 19.9. The fraction of sp³-hybridized carbons (Fsp3) is 0.0959. The molecule has 11 aromatic rings. The number of anilines is 3. The van der Waals surface area contributed by atoms with Crippen molar-refractivity contribution in [2.75, 3.05) is 4.90 Å². The number of hydrogen-bond donors (Lipinski definition) is 0. The molecule has 0 aromatic heterocycles. The zero-order valence-electron chi connectivity index (χ0n) is 41.6. The summed E-state index contributed by atoms with van der Waals surface area (Å²) in [6, 6.07) is 104. The van der Waals surface area contributed by atoms with E-state index >= 15 is 0 Å². The third-order valence-corrected chi connectivity index (χ3v) is 16.0. The molecule has 0 radical (unpaired) electrons. The molecule has 0 spiro atoms. The van der Waals surface area contributed by atoms with Crippen LogP contribution in [0.5, 0.6) is 0 Å². The van der Waals surface area contributed by atoms with Crippen molar-refractivity contribution in [3.8, 4) is 66.8 Å². The van der Waals surface area contributed by atoms with Crippen LogP contribution in [0.15, 0.2) is 279 Å². The van der Waals surface area contributed by atoms with Crippen molar-refractivity contribution >= 4 is 17.1 Å². The smallest absolute Gasteiger partial charge is 0.0714 e. The van der Waals surface area contributed by atoms with Crippen LogP contribution in [0.4, 0.5) is 17.1 Å². The fourth-order valence-corrected chi connectivity index (χ4v) is 12.6. The average molecular weight is 948 g/mol. The maximum atomic E-state index is 2.51. The number of benzene rings is 11. The van der Waals surface area contributed by atoms with Gasteiger partial charge in [0.1, 0.15) is 0 Å². The van der Waals surface area contributed by atoms with Gasteiger partial charge in [0.2, 0.25) is 0 Å². The van der Waals surface area contributed by atoms with Crippen molar-refractivity contribution in [2.24, 2.45) is 0 Å². The molecule has 1 heteroatoms.